The Morgan fingerprint density at radius 2 is 1.73 bits per heavy atom. The second-order valence-corrected chi connectivity index (χ2v) is 7.74. The van der Waals surface area contributed by atoms with Gasteiger partial charge < -0.3 is 14.7 Å². The molecule has 0 spiro atoms. The molecule has 138 valence electrons. The Labute approximate surface area is 157 Å². The van der Waals surface area contributed by atoms with E-state index < -0.39 is 0 Å². The van der Waals surface area contributed by atoms with Crippen LogP contribution in [0.15, 0.2) is 24.3 Å². The summed E-state index contributed by atoms with van der Waals surface area (Å²) < 4.78 is 0. The van der Waals surface area contributed by atoms with Gasteiger partial charge in [-0.1, -0.05) is 17.7 Å². The second-order valence-electron chi connectivity index (χ2n) is 7.31. The van der Waals surface area contributed by atoms with Crippen LogP contribution in [0.3, 0.4) is 0 Å². The Morgan fingerprint density at radius 1 is 1.04 bits per heavy atom. The van der Waals surface area contributed by atoms with Crippen LogP contribution in [0.25, 0.3) is 0 Å². The van der Waals surface area contributed by atoms with Crippen molar-refractivity contribution in [3.8, 4) is 0 Å². The lowest BCUT2D eigenvalue weighted by Crippen LogP contribution is -2.52. The molecule has 1 atom stereocenters. The number of carbonyl (C=O) groups is 3. The van der Waals surface area contributed by atoms with Crippen LogP contribution in [0.1, 0.15) is 29.6 Å². The molecule has 3 aliphatic rings. The van der Waals surface area contributed by atoms with Gasteiger partial charge in [-0.05, 0) is 31.0 Å². The minimum Gasteiger partial charge on any atom is -0.339 e. The molecule has 0 bridgehead atoms. The summed E-state index contributed by atoms with van der Waals surface area (Å²) in [7, 11) is 0. The predicted molar refractivity (Wildman–Crippen MR) is 96.8 cm³/mol. The SMILES string of the molecule is O=C(c1cccc(Cl)c1)N1CCN(C(=O)C2CC(=O)N(C3CC3)C2)CC1. The van der Waals surface area contributed by atoms with E-state index in [-0.39, 0.29) is 23.6 Å². The van der Waals surface area contributed by atoms with E-state index >= 15 is 0 Å². The summed E-state index contributed by atoms with van der Waals surface area (Å²) in [5, 5.41) is 0.538. The molecule has 0 radical (unpaired) electrons. The zero-order valence-electron chi connectivity index (χ0n) is 14.6. The molecule has 0 aromatic heterocycles. The van der Waals surface area contributed by atoms with E-state index in [1.807, 2.05) is 4.90 Å². The lowest BCUT2D eigenvalue weighted by molar-refractivity contribution is -0.137. The summed E-state index contributed by atoms with van der Waals surface area (Å²) in [4.78, 5) is 42.8. The Balaban J connectivity index is 1.32. The predicted octanol–water partition coefficient (Wildman–Crippen LogP) is 1.64. The third-order valence-electron chi connectivity index (χ3n) is 5.45. The van der Waals surface area contributed by atoms with E-state index in [0.717, 1.165) is 12.8 Å². The average Bonchev–Trinajstić information content (AvgIpc) is 3.42. The zero-order chi connectivity index (χ0) is 18.3. The molecule has 7 heteroatoms. The summed E-state index contributed by atoms with van der Waals surface area (Å²) in [6, 6.07) is 7.29. The molecule has 0 N–H and O–H groups in total. The van der Waals surface area contributed by atoms with Crippen LogP contribution < -0.4 is 0 Å². The highest BCUT2D eigenvalue weighted by Crippen LogP contribution is 2.33. The number of likely N-dealkylation sites (tertiary alicyclic amines) is 1. The molecule has 3 amide bonds. The summed E-state index contributed by atoms with van der Waals surface area (Å²) in [6.07, 6.45) is 2.46. The van der Waals surface area contributed by atoms with Crippen LogP contribution in [-0.4, -0.2) is 71.2 Å². The Kier molecular flexibility index (Phi) is 4.61. The summed E-state index contributed by atoms with van der Waals surface area (Å²) in [6.45, 7) is 2.59. The molecule has 26 heavy (non-hydrogen) atoms. The van der Waals surface area contributed by atoms with Crippen LogP contribution in [0.5, 0.6) is 0 Å². The first-order chi connectivity index (χ1) is 12.5. The van der Waals surface area contributed by atoms with Gasteiger partial charge in [0.05, 0.1) is 5.92 Å². The summed E-state index contributed by atoms with van der Waals surface area (Å²) >= 11 is 5.96. The maximum Gasteiger partial charge on any atom is 0.254 e. The van der Waals surface area contributed by atoms with Crippen LogP contribution >= 0.6 is 11.6 Å². The van der Waals surface area contributed by atoms with E-state index in [1.54, 1.807) is 34.1 Å². The third-order valence-corrected chi connectivity index (χ3v) is 5.68. The van der Waals surface area contributed by atoms with E-state index in [2.05, 4.69) is 0 Å². The number of piperazine rings is 1. The van der Waals surface area contributed by atoms with Crippen LogP contribution in [0, 0.1) is 5.92 Å². The Hall–Kier alpha value is -2.08. The molecule has 1 aliphatic carbocycles. The number of hydrogen-bond donors (Lipinski definition) is 0. The molecule has 2 heterocycles. The van der Waals surface area contributed by atoms with Gasteiger partial charge in [0.25, 0.3) is 5.91 Å². The first-order valence-electron chi connectivity index (χ1n) is 9.16. The first kappa shape index (κ1) is 17.3. The molecule has 1 aromatic rings. The summed E-state index contributed by atoms with van der Waals surface area (Å²) in [5.74, 6) is -0.120. The highest BCUT2D eigenvalue weighted by Gasteiger charge is 2.43. The number of amides is 3. The van der Waals surface area contributed by atoms with Gasteiger partial charge in [-0.25, -0.2) is 0 Å². The monoisotopic (exact) mass is 375 g/mol. The van der Waals surface area contributed by atoms with Gasteiger partial charge >= 0.3 is 0 Å². The number of halogens is 1. The van der Waals surface area contributed by atoms with Gasteiger partial charge in [0, 0.05) is 55.8 Å². The number of benzene rings is 1. The smallest absolute Gasteiger partial charge is 0.254 e. The molecule has 1 saturated carbocycles. The molecule has 3 fully saturated rings. The number of nitrogens with zero attached hydrogens (tertiary/aromatic N) is 3. The number of carbonyl (C=O) groups excluding carboxylic acids is 3. The fourth-order valence-electron chi connectivity index (χ4n) is 3.83. The maximum absolute atomic E-state index is 12.8. The molecule has 1 aromatic carbocycles. The molecule has 1 unspecified atom stereocenters. The molecule has 2 aliphatic heterocycles. The van der Waals surface area contributed by atoms with Crippen molar-refractivity contribution >= 4 is 29.3 Å². The first-order valence-corrected chi connectivity index (χ1v) is 9.54. The van der Waals surface area contributed by atoms with Crippen molar-refractivity contribution in [2.75, 3.05) is 32.7 Å². The van der Waals surface area contributed by atoms with Crippen molar-refractivity contribution in [1.82, 2.24) is 14.7 Å². The standard InChI is InChI=1S/C19H22ClN3O3/c20-15-3-1-2-13(10-15)18(25)21-6-8-22(9-7-21)19(26)14-11-17(24)23(12-14)16-4-5-16/h1-3,10,14,16H,4-9,11-12H2. The molecule has 4 rings (SSSR count). The second kappa shape index (κ2) is 6.91. The fourth-order valence-corrected chi connectivity index (χ4v) is 4.02. The van der Waals surface area contributed by atoms with Crippen molar-refractivity contribution < 1.29 is 14.4 Å². The van der Waals surface area contributed by atoms with Crippen LogP contribution in [0.4, 0.5) is 0 Å². The topological polar surface area (TPSA) is 60.9 Å². The third kappa shape index (κ3) is 3.43. The van der Waals surface area contributed by atoms with Gasteiger partial charge in [0.15, 0.2) is 0 Å². The van der Waals surface area contributed by atoms with Crippen molar-refractivity contribution in [2.24, 2.45) is 5.92 Å². The van der Waals surface area contributed by atoms with E-state index in [1.165, 1.54) is 0 Å². The van der Waals surface area contributed by atoms with Crippen LogP contribution in [0.2, 0.25) is 5.02 Å². The minimum atomic E-state index is -0.224. The van der Waals surface area contributed by atoms with Crippen LogP contribution in [-0.2, 0) is 9.59 Å². The van der Waals surface area contributed by atoms with Gasteiger partial charge in [-0.15, -0.1) is 0 Å². The van der Waals surface area contributed by atoms with Crippen molar-refractivity contribution in [1.29, 1.82) is 0 Å². The highest BCUT2D eigenvalue weighted by atomic mass is 35.5. The molecule has 6 nitrogen and oxygen atoms in total. The highest BCUT2D eigenvalue weighted by molar-refractivity contribution is 6.30. The largest absolute Gasteiger partial charge is 0.339 e. The minimum absolute atomic E-state index is 0.0522. The lowest BCUT2D eigenvalue weighted by Gasteiger charge is -2.36. The van der Waals surface area contributed by atoms with E-state index in [0.29, 0.717) is 55.8 Å². The van der Waals surface area contributed by atoms with Gasteiger partial charge in [-0.2, -0.15) is 0 Å². The Bertz CT molecular complexity index is 741. The zero-order valence-corrected chi connectivity index (χ0v) is 15.3. The fraction of sp³-hybridized carbons (Fsp3) is 0.526. The average molecular weight is 376 g/mol. The molecular formula is C19H22ClN3O3. The van der Waals surface area contributed by atoms with Crippen molar-refractivity contribution in [3.05, 3.63) is 34.9 Å². The van der Waals surface area contributed by atoms with E-state index in [4.69, 9.17) is 11.6 Å². The molecular weight excluding hydrogens is 354 g/mol. The Morgan fingerprint density at radius 3 is 2.38 bits per heavy atom. The van der Waals surface area contributed by atoms with Gasteiger partial charge in [0.2, 0.25) is 11.8 Å². The van der Waals surface area contributed by atoms with Gasteiger partial charge in [0.1, 0.15) is 0 Å². The normalized spacial score (nSPS) is 23.5. The maximum atomic E-state index is 12.8. The number of rotatable bonds is 3. The number of hydrogen-bond acceptors (Lipinski definition) is 3. The van der Waals surface area contributed by atoms with Crippen molar-refractivity contribution in [2.45, 2.75) is 25.3 Å². The lowest BCUT2D eigenvalue weighted by atomic mass is 10.1. The summed E-state index contributed by atoms with van der Waals surface area (Å²) in [5.41, 5.74) is 0.568. The molecule has 2 saturated heterocycles. The van der Waals surface area contributed by atoms with E-state index in [9.17, 15) is 14.4 Å². The van der Waals surface area contributed by atoms with Gasteiger partial charge in [-0.3, -0.25) is 14.4 Å². The van der Waals surface area contributed by atoms with Crippen molar-refractivity contribution in [3.63, 3.8) is 0 Å². The quantitative estimate of drug-likeness (QED) is 0.806.